The topological polar surface area (TPSA) is 47.6 Å². The molecule has 1 saturated carbocycles. The van der Waals surface area contributed by atoms with E-state index >= 15 is 0 Å². The number of rotatable bonds is 2. The summed E-state index contributed by atoms with van der Waals surface area (Å²) in [5, 5.41) is 3.55. The molecular formula is C16H20ClNO3. The summed E-state index contributed by atoms with van der Waals surface area (Å²) < 4.78 is 11.0. The van der Waals surface area contributed by atoms with Crippen LogP contribution in [0.2, 0.25) is 5.02 Å². The van der Waals surface area contributed by atoms with Gasteiger partial charge in [-0.05, 0) is 30.9 Å². The Labute approximate surface area is 129 Å². The van der Waals surface area contributed by atoms with Gasteiger partial charge in [0.25, 0.3) is 5.91 Å². The lowest BCUT2D eigenvalue weighted by molar-refractivity contribution is 0.0909. The second-order valence-corrected chi connectivity index (χ2v) is 6.23. The fourth-order valence-corrected chi connectivity index (χ4v) is 3.29. The Morgan fingerprint density at radius 1 is 1.24 bits per heavy atom. The van der Waals surface area contributed by atoms with Gasteiger partial charge in [0, 0.05) is 11.6 Å². The van der Waals surface area contributed by atoms with Gasteiger partial charge >= 0.3 is 0 Å². The Balaban J connectivity index is 1.76. The summed E-state index contributed by atoms with van der Waals surface area (Å²) in [6.07, 6.45) is 4.65. The van der Waals surface area contributed by atoms with E-state index in [1.54, 1.807) is 12.1 Å². The van der Waals surface area contributed by atoms with Crippen molar-refractivity contribution in [3.8, 4) is 11.5 Å². The van der Waals surface area contributed by atoms with E-state index in [0.29, 0.717) is 41.2 Å². The van der Waals surface area contributed by atoms with Crippen LogP contribution in [0.3, 0.4) is 0 Å². The van der Waals surface area contributed by atoms with Gasteiger partial charge in [-0.25, -0.2) is 0 Å². The number of carbonyl (C=O) groups is 1. The number of hydrogen-bond acceptors (Lipinski definition) is 3. The summed E-state index contributed by atoms with van der Waals surface area (Å²) in [7, 11) is 0. The second-order valence-electron chi connectivity index (χ2n) is 5.82. The molecule has 2 unspecified atom stereocenters. The lowest BCUT2D eigenvalue weighted by atomic mass is 9.86. The normalized spacial score (nSPS) is 24.5. The molecule has 1 aliphatic carbocycles. The van der Waals surface area contributed by atoms with E-state index in [0.717, 1.165) is 6.42 Å². The molecule has 1 amide bonds. The van der Waals surface area contributed by atoms with Crippen LogP contribution in [0.5, 0.6) is 11.5 Å². The summed E-state index contributed by atoms with van der Waals surface area (Å²) in [4.78, 5) is 12.4. The van der Waals surface area contributed by atoms with E-state index in [2.05, 4.69) is 12.2 Å². The van der Waals surface area contributed by atoms with E-state index in [-0.39, 0.29) is 11.9 Å². The lowest BCUT2D eigenvalue weighted by Crippen LogP contribution is -2.41. The van der Waals surface area contributed by atoms with Gasteiger partial charge in [0.1, 0.15) is 13.2 Å². The minimum Gasteiger partial charge on any atom is -0.486 e. The maximum atomic E-state index is 12.4. The molecule has 1 heterocycles. The van der Waals surface area contributed by atoms with Gasteiger partial charge in [0.05, 0.1) is 5.02 Å². The number of carbonyl (C=O) groups excluding carboxylic acids is 1. The molecule has 0 bridgehead atoms. The van der Waals surface area contributed by atoms with Gasteiger partial charge in [0.15, 0.2) is 11.5 Å². The lowest BCUT2D eigenvalue weighted by Gasteiger charge is -2.29. The Morgan fingerprint density at radius 2 is 2.00 bits per heavy atom. The summed E-state index contributed by atoms with van der Waals surface area (Å²) in [5.41, 5.74) is 0.530. The van der Waals surface area contributed by atoms with Crippen LogP contribution in [0.25, 0.3) is 0 Å². The molecule has 1 fully saturated rings. The van der Waals surface area contributed by atoms with Crippen LogP contribution in [-0.4, -0.2) is 25.2 Å². The zero-order valence-electron chi connectivity index (χ0n) is 12.2. The zero-order valence-corrected chi connectivity index (χ0v) is 12.9. The van der Waals surface area contributed by atoms with Gasteiger partial charge in [-0.1, -0.05) is 31.4 Å². The summed E-state index contributed by atoms with van der Waals surface area (Å²) in [6, 6.07) is 3.61. The minimum absolute atomic E-state index is 0.0902. The third-order valence-corrected chi connectivity index (χ3v) is 4.57. The van der Waals surface area contributed by atoms with Crippen molar-refractivity contribution in [2.24, 2.45) is 5.92 Å². The highest BCUT2D eigenvalue weighted by molar-refractivity contribution is 6.32. The van der Waals surface area contributed by atoms with Gasteiger partial charge in [-0.2, -0.15) is 0 Å². The van der Waals surface area contributed by atoms with Crippen LogP contribution >= 0.6 is 11.6 Å². The van der Waals surface area contributed by atoms with Gasteiger partial charge < -0.3 is 14.8 Å². The molecule has 0 aromatic heterocycles. The van der Waals surface area contributed by atoms with Crippen LogP contribution < -0.4 is 14.8 Å². The van der Waals surface area contributed by atoms with E-state index in [1.165, 1.54) is 19.3 Å². The first-order chi connectivity index (χ1) is 10.1. The summed E-state index contributed by atoms with van der Waals surface area (Å²) in [5.74, 6) is 1.52. The number of fused-ring (bicyclic) bond motifs is 1. The van der Waals surface area contributed by atoms with E-state index in [1.807, 2.05) is 0 Å². The molecular weight excluding hydrogens is 290 g/mol. The van der Waals surface area contributed by atoms with Crippen molar-refractivity contribution in [3.63, 3.8) is 0 Å². The number of hydrogen-bond donors (Lipinski definition) is 1. The first-order valence-corrected chi connectivity index (χ1v) is 7.93. The fraction of sp³-hybridized carbons (Fsp3) is 0.562. The van der Waals surface area contributed by atoms with Crippen molar-refractivity contribution < 1.29 is 14.3 Å². The van der Waals surface area contributed by atoms with Crippen LogP contribution in [0.1, 0.15) is 43.0 Å². The largest absolute Gasteiger partial charge is 0.486 e. The number of nitrogens with one attached hydrogen (secondary N) is 1. The number of ether oxygens (including phenoxy) is 2. The highest BCUT2D eigenvalue weighted by Gasteiger charge is 2.25. The second kappa shape index (κ2) is 6.14. The maximum Gasteiger partial charge on any atom is 0.251 e. The third-order valence-electron chi connectivity index (χ3n) is 4.29. The summed E-state index contributed by atoms with van der Waals surface area (Å²) >= 11 is 6.18. The molecule has 1 aliphatic heterocycles. The first-order valence-electron chi connectivity index (χ1n) is 7.55. The van der Waals surface area contributed by atoms with Crippen molar-refractivity contribution >= 4 is 17.5 Å². The molecule has 4 nitrogen and oxygen atoms in total. The standard InChI is InChI=1S/C16H20ClNO3/c1-10-4-2-3-5-13(10)18-16(19)11-8-12(17)15-14(9-11)20-6-7-21-15/h8-10,13H,2-7H2,1H3,(H,18,19). The molecule has 114 valence electrons. The molecule has 0 saturated heterocycles. The average Bonchev–Trinajstić information content (AvgIpc) is 2.49. The van der Waals surface area contributed by atoms with Crippen molar-refractivity contribution in [3.05, 3.63) is 22.7 Å². The molecule has 1 aromatic carbocycles. The van der Waals surface area contributed by atoms with Crippen molar-refractivity contribution in [1.29, 1.82) is 0 Å². The highest BCUT2D eigenvalue weighted by atomic mass is 35.5. The smallest absolute Gasteiger partial charge is 0.251 e. The van der Waals surface area contributed by atoms with Crippen LogP contribution in [-0.2, 0) is 0 Å². The molecule has 0 radical (unpaired) electrons. The van der Waals surface area contributed by atoms with Gasteiger partial charge in [-0.3, -0.25) is 4.79 Å². The van der Waals surface area contributed by atoms with Gasteiger partial charge in [0.2, 0.25) is 0 Å². The Hall–Kier alpha value is -1.42. The van der Waals surface area contributed by atoms with E-state index in [4.69, 9.17) is 21.1 Å². The highest BCUT2D eigenvalue weighted by Crippen LogP contribution is 2.38. The zero-order chi connectivity index (χ0) is 14.8. The number of amides is 1. The monoisotopic (exact) mass is 309 g/mol. The first kappa shape index (κ1) is 14.5. The third kappa shape index (κ3) is 3.10. The van der Waals surface area contributed by atoms with Crippen LogP contribution in [0.4, 0.5) is 0 Å². The van der Waals surface area contributed by atoms with Crippen molar-refractivity contribution in [1.82, 2.24) is 5.32 Å². The molecule has 21 heavy (non-hydrogen) atoms. The predicted molar refractivity (Wildman–Crippen MR) is 81.3 cm³/mol. The molecule has 1 aromatic rings. The molecule has 2 aliphatic rings. The maximum absolute atomic E-state index is 12.4. The molecule has 2 atom stereocenters. The van der Waals surface area contributed by atoms with Crippen molar-refractivity contribution in [2.75, 3.05) is 13.2 Å². The quantitative estimate of drug-likeness (QED) is 0.910. The molecule has 5 heteroatoms. The Morgan fingerprint density at radius 3 is 2.81 bits per heavy atom. The Bertz CT molecular complexity index is 547. The van der Waals surface area contributed by atoms with E-state index < -0.39 is 0 Å². The van der Waals surface area contributed by atoms with E-state index in [9.17, 15) is 4.79 Å². The van der Waals surface area contributed by atoms with Gasteiger partial charge in [-0.15, -0.1) is 0 Å². The number of benzene rings is 1. The molecule has 3 rings (SSSR count). The van der Waals surface area contributed by atoms with Crippen LogP contribution in [0, 0.1) is 5.92 Å². The summed E-state index contributed by atoms with van der Waals surface area (Å²) in [6.45, 7) is 3.16. The predicted octanol–water partition coefficient (Wildman–Crippen LogP) is 3.42. The van der Waals surface area contributed by atoms with Crippen LogP contribution in [0.15, 0.2) is 12.1 Å². The average molecular weight is 310 g/mol. The molecule has 1 N–H and O–H groups in total. The minimum atomic E-state index is -0.0902. The number of halogens is 1. The molecule has 0 spiro atoms. The van der Waals surface area contributed by atoms with Crippen molar-refractivity contribution in [2.45, 2.75) is 38.6 Å². The Kier molecular flexibility index (Phi) is 4.24. The fourth-order valence-electron chi connectivity index (χ4n) is 3.02. The SMILES string of the molecule is CC1CCCCC1NC(=O)c1cc(Cl)c2c(c1)OCCO2.